The van der Waals surface area contributed by atoms with Crippen molar-refractivity contribution in [2.45, 2.75) is 64.3 Å². The van der Waals surface area contributed by atoms with Crippen LogP contribution in [-0.4, -0.2) is 80.6 Å². The molecule has 0 aliphatic carbocycles. The Morgan fingerprint density at radius 3 is 2.46 bits per heavy atom. The van der Waals surface area contributed by atoms with Crippen molar-refractivity contribution in [3.8, 4) is 0 Å². The van der Waals surface area contributed by atoms with Gasteiger partial charge in [0.05, 0.1) is 0 Å². The van der Waals surface area contributed by atoms with E-state index < -0.39 is 0 Å². The molecule has 28 heavy (non-hydrogen) atoms. The molecule has 4 N–H and O–H groups in total. The van der Waals surface area contributed by atoms with Crippen LogP contribution in [0.5, 0.6) is 0 Å². The molecule has 2 aliphatic rings. The van der Waals surface area contributed by atoms with Gasteiger partial charge in [0, 0.05) is 38.6 Å². The molecule has 0 radical (unpaired) electrons. The summed E-state index contributed by atoms with van der Waals surface area (Å²) >= 11 is 0. The maximum Gasteiger partial charge on any atom is 0.220 e. The molecule has 7 nitrogen and oxygen atoms in total. The van der Waals surface area contributed by atoms with E-state index in [4.69, 9.17) is 5.73 Å². The molecule has 0 aromatic carbocycles. The molecular formula is C21H42N6O. The highest BCUT2D eigenvalue weighted by atomic mass is 16.1. The third kappa shape index (κ3) is 7.95. The number of piperidine rings is 2. The number of hydrogen-bond acceptors (Lipinski definition) is 4. The van der Waals surface area contributed by atoms with Gasteiger partial charge in [0.2, 0.25) is 5.91 Å². The summed E-state index contributed by atoms with van der Waals surface area (Å²) in [7, 11) is 1.84. The number of guanidine groups is 1. The van der Waals surface area contributed by atoms with Crippen LogP contribution in [0, 0.1) is 5.92 Å². The Morgan fingerprint density at radius 2 is 1.79 bits per heavy atom. The van der Waals surface area contributed by atoms with Crippen molar-refractivity contribution in [2.75, 3.05) is 52.9 Å². The number of amides is 1. The lowest BCUT2D eigenvalue weighted by atomic mass is 9.96. The summed E-state index contributed by atoms with van der Waals surface area (Å²) in [5.41, 5.74) is 5.40. The molecule has 2 rings (SSSR count). The smallest absolute Gasteiger partial charge is 0.220 e. The fraction of sp³-hybridized carbons (Fsp3) is 0.905. The molecule has 0 aromatic heterocycles. The second-order valence-corrected chi connectivity index (χ2v) is 8.24. The molecule has 0 aromatic rings. The van der Waals surface area contributed by atoms with E-state index in [9.17, 15) is 4.79 Å². The Labute approximate surface area is 171 Å². The molecule has 162 valence electrons. The second kappa shape index (κ2) is 13.0. The number of carbonyl (C=O) groups excluding carboxylic acids is 1. The normalized spacial score (nSPS) is 22.9. The van der Waals surface area contributed by atoms with Crippen LogP contribution >= 0.6 is 0 Å². The summed E-state index contributed by atoms with van der Waals surface area (Å²) in [4.78, 5) is 20.7. The predicted molar refractivity (Wildman–Crippen MR) is 116 cm³/mol. The van der Waals surface area contributed by atoms with Gasteiger partial charge in [-0.25, -0.2) is 0 Å². The van der Waals surface area contributed by atoms with Gasteiger partial charge in [-0.05, 0) is 71.1 Å². The maximum absolute atomic E-state index is 11.2. The first-order valence-corrected chi connectivity index (χ1v) is 11.3. The first-order chi connectivity index (χ1) is 13.6. The van der Waals surface area contributed by atoms with Crippen LogP contribution in [0.1, 0.15) is 58.3 Å². The van der Waals surface area contributed by atoms with E-state index in [0.717, 1.165) is 77.0 Å². The van der Waals surface area contributed by atoms with Crippen LogP contribution in [0.2, 0.25) is 0 Å². The molecular weight excluding hydrogens is 352 g/mol. The fourth-order valence-corrected chi connectivity index (χ4v) is 4.46. The van der Waals surface area contributed by atoms with Gasteiger partial charge in [-0.1, -0.05) is 13.3 Å². The quantitative estimate of drug-likeness (QED) is 0.296. The molecule has 1 amide bonds. The Balaban J connectivity index is 1.51. The Morgan fingerprint density at radius 1 is 1.04 bits per heavy atom. The Bertz CT molecular complexity index is 476. The summed E-state index contributed by atoms with van der Waals surface area (Å²) in [6, 6.07) is 0.763. The summed E-state index contributed by atoms with van der Waals surface area (Å²) in [6.07, 6.45) is 9.45. The number of nitrogens with two attached hydrogens (primary N) is 1. The molecule has 2 saturated heterocycles. The zero-order chi connectivity index (χ0) is 20.2. The first kappa shape index (κ1) is 22.9. The van der Waals surface area contributed by atoms with Crippen LogP contribution in [0.25, 0.3) is 0 Å². The number of rotatable bonds is 10. The number of unbranched alkanes of at least 4 members (excludes halogenated alkanes) is 1. The highest BCUT2D eigenvalue weighted by molar-refractivity contribution is 5.79. The summed E-state index contributed by atoms with van der Waals surface area (Å²) in [6.45, 7) is 9.63. The van der Waals surface area contributed by atoms with Gasteiger partial charge < -0.3 is 21.3 Å². The van der Waals surface area contributed by atoms with Crippen LogP contribution in [0.15, 0.2) is 4.99 Å². The average Bonchev–Trinajstić information content (AvgIpc) is 2.72. The number of likely N-dealkylation sites (tertiary alicyclic amines) is 2. The lowest BCUT2D eigenvalue weighted by Crippen LogP contribution is -2.46. The van der Waals surface area contributed by atoms with E-state index >= 15 is 0 Å². The van der Waals surface area contributed by atoms with Crippen LogP contribution in [-0.2, 0) is 4.79 Å². The van der Waals surface area contributed by atoms with Crippen molar-refractivity contribution in [3.63, 3.8) is 0 Å². The number of nitrogens with zero attached hydrogens (tertiary/aromatic N) is 3. The summed E-state index contributed by atoms with van der Waals surface area (Å²) < 4.78 is 0. The minimum absolute atomic E-state index is 0.0878. The monoisotopic (exact) mass is 394 g/mol. The van der Waals surface area contributed by atoms with Gasteiger partial charge in [-0.3, -0.25) is 14.7 Å². The molecule has 1 atom stereocenters. The van der Waals surface area contributed by atoms with Crippen molar-refractivity contribution >= 4 is 11.9 Å². The number of aliphatic imine (C=N–C) groups is 1. The molecule has 2 aliphatic heterocycles. The molecule has 2 heterocycles. The molecule has 0 bridgehead atoms. The minimum atomic E-state index is -0.131. The molecule has 0 saturated carbocycles. The van der Waals surface area contributed by atoms with Gasteiger partial charge in [-0.2, -0.15) is 0 Å². The lowest BCUT2D eigenvalue weighted by molar-refractivity contribution is -0.123. The van der Waals surface area contributed by atoms with E-state index in [0.29, 0.717) is 0 Å². The van der Waals surface area contributed by atoms with Crippen molar-refractivity contribution < 1.29 is 4.79 Å². The van der Waals surface area contributed by atoms with Crippen molar-refractivity contribution in [3.05, 3.63) is 0 Å². The maximum atomic E-state index is 11.2. The third-order valence-corrected chi connectivity index (χ3v) is 6.32. The SMILES string of the molecule is CCC1CCCCN1CCNC(=NC)NCCCCN1CCC(C(N)=O)CC1. The largest absolute Gasteiger partial charge is 0.369 e. The van der Waals surface area contributed by atoms with Crippen LogP contribution in [0.4, 0.5) is 0 Å². The van der Waals surface area contributed by atoms with Gasteiger partial charge >= 0.3 is 0 Å². The van der Waals surface area contributed by atoms with Crippen molar-refractivity contribution in [1.82, 2.24) is 20.4 Å². The van der Waals surface area contributed by atoms with E-state index in [-0.39, 0.29) is 11.8 Å². The number of nitrogens with one attached hydrogen (secondary N) is 2. The Hall–Kier alpha value is -1.34. The zero-order valence-corrected chi connectivity index (χ0v) is 18.1. The van der Waals surface area contributed by atoms with Gasteiger partial charge in [0.25, 0.3) is 0 Å². The van der Waals surface area contributed by atoms with Crippen molar-refractivity contribution in [1.29, 1.82) is 0 Å². The van der Waals surface area contributed by atoms with E-state index in [1.54, 1.807) is 0 Å². The topological polar surface area (TPSA) is 86.0 Å². The standard InChI is InChI=1S/C21H42N6O/c1-3-19-8-4-6-14-27(19)17-12-25-21(23-2)24-11-5-7-13-26-15-9-18(10-16-26)20(22)28/h18-19H,3-17H2,1-2H3,(H2,22,28)(H2,23,24,25). The van der Waals surface area contributed by atoms with E-state index in [1.807, 2.05) is 7.05 Å². The van der Waals surface area contributed by atoms with Crippen LogP contribution < -0.4 is 16.4 Å². The van der Waals surface area contributed by atoms with E-state index in [2.05, 4.69) is 32.3 Å². The fourth-order valence-electron chi connectivity index (χ4n) is 4.46. The number of carbonyl (C=O) groups is 1. The minimum Gasteiger partial charge on any atom is -0.369 e. The van der Waals surface area contributed by atoms with Gasteiger partial charge in [-0.15, -0.1) is 0 Å². The molecule has 2 fully saturated rings. The van der Waals surface area contributed by atoms with Crippen molar-refractivity contribution in [2.24, 2.45) is 16.6 Å². The third-order valence-electron chi connectivity index (χ3n) is 6.32. The second-order valence-electron chi connectivity index (χ2n) is 8.24. The molecule has 7 heteroatoms. The summed E-state index contributed by atoms with van der Waals surface area (Å²) in [5.74, 6) is 0.866. The van der Waals surface area contributed by atoms with Gasteiger partial charge in [0.15, 0.2) is 5.96 Å². The van der Waals surface area contributed by atoms with Gasteiger partial charge in [0.1, 0.15) is 0 Å². The van der Waals surface area contributed by atoms with E-state index in [1.165, 1.54) is 32.2 Å². The first-order valence-electron chi connectivity index (χ1n) is 11.3. The highest BCUT2D eigenvalue weighted by Crippen LogP contribution is 2.18. The summed E-state index contributed by atoms with van der Waals surface area (Å²) in [5, 5.41) is 6.89. The number of hydrogen-bond donors (Lipinski definition) is 3. The molecule has 1 unspecified atom stereocenters. The highest BCUT2D eigenvalue weighted by Gasteiger charge is 2.22. The Kier molecular flexibility index (Phi) is 10.6. The number of primary amides is 1. The molecule has 0 spiro atoms. The zero-order valence-electron chi connectivity index (χ0n) is 18.1. The average molecular weight is 395 g/mol. The van der Waals surface area contributed by atoms with Crippen LogP contribution in [0.3, 0.4) is 0 Å². The predicted octanol–water partition coefficient (Wildman–Crippen LogP) is 1.39. The lowest BCUT2D eigenvalue weighted by Gasteiger charge is -2.35.